The molecule has 9 N–H and O–H groups in total. The number of hydrogen-bond acceptors (Lipinski definition) is 15. The third-order valence-electron chi connectivity index (χ3n) is 6.76. The molecule has 41 heavy (non-hydrogen) atoms. The molecular formula is C20H25N10O10P. The summed E-state index contributed by atoms with van der Waals surface area (Å²) in [5.74, 6) is -0.272. The van der Waals surface area contributed by atoms with Crippen LogP contribution in [0.25, 0.3) is 22.3 Å². The lowest BCUT2D eigenvalue weighted by Crippen LogP contribution is -2.29. The van der Waals surface area contributed by atoms with Crippen LogP contribution in [0, 0.1) is 0 Å². The minimum absolute atomic E-state index is 0.00652. The molecule has 2 aliphatic rings. The van der Waals surface area contributed by atoms with E-state index in [0.717, 1.165) is 0 Å². The molecule has 20 nitrogen and oxygen atoms in total. The number of aliphatic hydroxyl groups is 2. The van der Waals surface area contributed by atoms with Crippen molar-refractivity contribution in [1.29, 1.82) is 0 Å². The normalized spacial score (nSPS) is 28.1. The van der Waals surface area contributed by atoms with Crippen molar-refractivity contribution >= 4 is 42.0 Å². The third-order valence-corrected chi connectivity index (χ3v) is 7.77. The van der Waals surface area contributed by atoms with E-state index in [2.05, 4.69) is 29.9 Å². The van der Waals surface area contributed by atoms with Gasteiger partial charge < -0.3 is 36.0 Å². The van der Waals surface area contributed by atoms with Crippen molar-refractivity contribution in [2.24, 2.45) is 0 Å². The maximum absolute atomic E-state index is 12.8. The van der Waals surface area contributed by atoms with Gasteiger partial charge in [-0.2, -0.15) is 9.97 Å². The second kappa shape index (κ2) is 10.3. The fraction of sp³-hybridized carbons (Fsp3) is 0.500. The topological polar surface area (TPSA) is 294 Å². The number of aliphatic hydroxyl groups excluding tert-OH is 2. The third kappa shape index (κ3) is 5.11. The Kier molecular flexibility index (Phi) is 6.86. The summed E-state index contributed by atoms with van der Waals surface area (Å²) >= 11 is 0. The highest BCUT2D eigenvalue weighted by atomic mass is 31.2. The van der Waals surface area contributed by atoms with Crippen molar-refractivity contribution in [3.8, 4) is 0 Å². The molecule has 0 aromatic carbocycles. The summed E-state index contributed by atoms with van der Waals surface area (Å²) in [4.78, 5) is 55.3. The predicted molar refractivity (Wildman–Crippen MR) is 136 cm³/mol. The molecule has 0 saturated carbocycles. The van der Waals surface area contributed by atoms with Crippen LogP contribution in [0.2, 0.25) is 0 Å². The molecule has 2 unspecified atom stereocenters. The molecule has 0 bridgehead atoms. The van der Waals surface area contributed by atoms with E-state index >= 15 is 0 Å². The fourth-order valence-electron chi connectivity index (χ4n) is 4.86. The van der Waals surface area contributed by atoms with Gasteiger partial charge in [0, 0.05) is 12.8 Å². The molecule has 0 aliphatic carbocycles. The first-order chi connectivity index (χ1) is 19.5. The SMILES string of the molecule is Nc1nc2c(ncn2[C@H]2CC(OP(=O)(O)OC[C@H]3O[C@@H](n4cnc5c(=O)[nH]c(N)nc54)C[C@@H]3O)[C@@H](CO)O2)c(=O)[nH]1. The smallest absolute Gasteiger partial charge is 0.394 e. The van der Waals surface area contributed by atoms with Crippen molar-refractivity contribution in [2.75, 3.05) is 24.7 Å². The van der Waals surface area contributed by atoms with Gasteiger partial charge in [0.2, 0.25) is 11.9 Å². The van der Waals surface area contributed by atoms with E-state index in [4.69, 9.17) is 30.0 Å². The van der Waals surface area contributed by atoms with Crippen LogP contribution in [-0.4, -0.2) is 91.8 Å². The largest absolute Gasteiger partial charge is 0.472 e. The van der Waals surface area contributed by atoms with Crippen molar-refractivity contribution in [3.05, 3.63) is 33.4 Å². The minimum Gasteiger partial charge on any atom is -0.394 e. The first-order valence-electron chi connectivity index (χ1n) is 12.2. The highest BCUT2D eigenvalue weighted by Crippen LogP contribution is 2.49. The van der Waals surface area contributed by atoms with Gasteiger partial charge in [-0.25, -0.2) is 14.5 Å². The van der Waals surface area contributed by atoms with Crippen molar-refractivity contribution in [3.63, 3.8) is 0 Å². The first-order valence-corrected chi connectivity index (χ1v) is 13.7. The van der Waals surface area contributed by atoms with Gasteiger partial charge in [-0.05, 0) is 0 Å². The summed E-state index contributed by atoms with van der Waals surface area (Å²) in [5.41, 5.74) is 10.4. The number of nitrogens with one attached hydrogen (secondary N) is 2. The van der Waals surface area contributed by atoms with Gasteiger partial charge in [-0.3, -0.25) is 37.7 Å². The molecule has 4 aromatic rings. The van der Waals surface area contributed by atoms with Gasteiger partial charge in [0.15, 0.2) is 22.3 Å². The molecule has 2 aliphatic heterocycles. The van der Waals surface area contributed by atoms with Crippen LogP contribution < -0.4 is 22.6 Å². The number of fused-ring (bicyclic) bond motifs is 2. The highest BCUT2D eigenvalue weighted by Gasteiger charge is 2.43. The van der Waals surface area contributed by atoms with E-state index in [9.17, 15) is 29.3 Å². The van der Waals surface area contributed by atoms with E-state index < -0.39 is 69.0 Å². The van der Waals surface area contributed by atoms with Gasteiger partial charge in [0.05, 0.1) is 32.0 Å². The molecule has 220 valence electrons. The van der Waals surface area contributed by atoms with Gasteiger partial charge in [0.25, 0.3) is 11.1 Å². The molecule has 2 saturated heterocycles. The first kappa shape index (κ1) is 27.4. The van der Waals surface area contributed by atoms with Gasteiger partial charge >= 0.3 is 7.82 Å². The lowest BCUT2D eigenvalue weighted by atomic mass is 10.2. The Morgan fingerprint density at radius 1 is 0.976 bits per heavy atom. The number of anilines is 2. The molecule has 21 heteroatoms. The van der Waals surface area contributed by atoms with Crippen molar-refractivity contribution < 1.29 is 38.2 Å². The average Bonchev–Trinajstić information content (AvgIpc) is 3.67. The fourth-order valence-corrected chi connectivity index (χ4v) is 5.82. The molecule has 0 spiro atoms. The number of phosphoric ester groups is 1. The average molecular weight is 596 g/mol. The number of aromatic nitrogens is 8. The van der Waals surface area contributed by atoms with E-state index in [0.29, 0.717) is 0 Å². The lowest BCUT2D eigenvalue weighted by molar-refractivity contribution is -0.0554. The van der Waals surface area contributed by atoms with Gasteiger partial charge in [0.1, 0.15) is 30.8 Å². The molecule has 0 amide bonds. The zero-order valence-electron chi connectivity index (χ0n) is 20.9. The summed E-state index contributed by atoms with van der Waals surface area (Å²) in [6.07, 6.45) is -3.38. The number of nitrogens with zero attached hydrogens (tertiary/aromatic N) is 6. The molecule has 6 rings (SSSR count). The Labute approximate surface area is 227 Å². The Morgan fingerprint density at radius 3 is 2.07 bits per heavy atom. The molecule has 7 atom stereocenters. The molecule has 6 heterocycles. The molecule has 2 fully saturated rings. The van der Waals surface area contributed by atoms with Gasteiger partial charge in [-0.1, -0.05) is 0 Å². The van der Waals surface area contributed by atoms with Crippen LogP contribution in [0.1, 0.15) is 25.3 Å². The summed E-state index contributed by atoms with van der Waals surface area (Å²) in [6, 6.07) is 0. The number of nitrogens with two attached hydrogens (primary N) is 2. The molecule has 4 aromatic heterocycles. The number of hydrogen-bond donors (Lipinski definition) is 7. The second-order valence-corrected chi connectivity index (χ2v) is 10.8. The maximum Gasteiger partial charge on any atom is 0.472 e. The summed E-state index contributed by atoms with van der Waals surface area (Å²) < 4.78 is 37.6. The molecular weight excluding hydrogens is 571 g/mol. The van der Waals surface area contributed by atoms with Crippen LogP contribution in [-0.2, 0) is 23.1 Å². The standard InChI is InChI=1S/C20H25N10O10P/c21-19-25-15-13(17(33)27-19)23-5-29(15)11-1-7(32)10(39-11)4-37-41(35,36)40-8-2-12(38-9(8)3-31)30-6-24-14-16(30)26-20(22)28-18(14)34/h5-12,31-32H,1-4H2,(H,35,36)(H3,21,25,27,33)(H3,22,26,28,34)/t7-,8?,9+,10+,11+,12+/m0/s1. The van der Waals surface area contributed by atoms with Crippen molar-refractivity contribution in [2.45, 2.75) is 49.7 Å². The van der Waals surface area contributed by atoms with Crippen LogP contribution in [0.3, 0.4) is 0 Å². The minimum atomic E-state index is -4.76. The maximum atomic E-state index is 12.8. The summed E-state index contributed by atoms with van der Waals surface area (Å²) in [6.45, 7) is -1.09. The van der Waals surface area contributed by atoms with E-state index in [1.165, 1.54) is 21.8 Å². The summed E-state index contributed by atoms with van der Waals surface area (Å²) in [5, 5.41) is 20.3. The predicted octanol–water partition coefficient (Wildman–Crippen LogP) is -2.15. The molecule has 0 radical (unpaired) electrons. The number of nitrogen functional groups attached to an aromatic ring is 2. The number of phosphoric acid groups is 1. The second-order valence-electron chi connectivity index (χ2n) is 9.44. The number of H-pyrrole nitrogens is 2. The van der Waals surface area contributed by atoms with E-state index in [-0.39, 0.29) is 47.1 Å². The zero-order valence-corrected chi connectivity index (χ0v) is 21.8. The highest BCUT2D eigenvalue weighted by molar-refractivity contribution is 7.47. The van der Waals surface area contributed by atoms with Crippen LogP contribution in [0.4, 0.5) is 11.9 Å². The van der Waals surface area contributed by atoms with E-state index in [1.807, 2.05) is 0 Å². The van der Waals surface area contributed by atoms with Crippen LogP contribution >= 0.6 is 7.82 Å². The summed E-state index contributed by atoms with van der Waals surface area (Å²) in [7, 11) is -4.76. The number of rotatable bonds is 8. The Bertz CT molecular complexity index is 1770. The Morgan fingerprint density at radius 2 is 1.51 bits per heavy atom. The van der Waals surface area contributed by atoms with Crippen LogP contribution in [0.5, 0.6) is 0 Å². The van der Waals surface area contributed by atoms with Gasteiger partial charge in [-0.15, -0.1) is 0 Å². The zero-order chi connectivity index (χ0) is 29.1. The Hall–Kier alpha value is -3.75. The monoisotopic (exact) mass is 596 g/mol. The van der Waals surface area contributed by atoms with Crippen molar-refractivity contribution in [1.82, 2.24) is 39.0 Å². The van der Waals surface area contributed by atoms with Crippen LogP contribution in [0.15, 0.2) is 22.2 Å². The number of ether oxygens (including phenoxy) is 2. The number of imidazole rings is 2. The quantitative estimate of drug-likeness (QED) is 0.107. The Balaban J connectivity index is 1.11. The number of aromatic amines is 2. The lowest BCUT2D eigenvalue weighted by Gasteiger charge is -2.21. The van der Waals surface area contributed by atoms with E-state index in [1.54, 1.807) is 0 Å².